The number of hydrogen-bond donors (Lipinski definition) is 2. The summed E-state index contributed by atoms with van der Waals surface area (Å²) in [5.74, 6) is -0.681. The second-order valence-electron chi connectivity index (χ2n) is 6.92. The van der Waals surface area contributed by atoms with Crippen LogP contribution in [0.25, 0.3) is 16.2 Å². The number of aromatic nitrogens is 4. The maximum atomic E-state index is 12.5. The Morgan fingerprint density at radius 2 is 2.00 bits per heavy atom. The summed E-state index contributed by atoms with van der Waals surface area (Å²) in [6.45, 7) is 5.80. The number of nitrogens with two attached hydrogens (primary N) is 1. The van der Waals surface area contributed by atoms with Gasteiger partial charge in [0.05, 0.1) is 16.8 Å². The molecule has 10 heteroatoms. The fourth-order valence-corrected chi connectivity index (χ4v) is 4.91. The summed E-state index contributed by atoms with van der Waals surface area (Å²) in [6.07, 6.45) is 2.20. The molecule has 0 aliphatic rings. The van der Waals surface area contributed by atoms with Crippen molar-refractivity contribution in [1.82, 2.24) is 19.6 Å². The van der Waals surface area contributed by atoms with Gasteiger partial charge in [-0.15, -0.1) is 22.7 Å². The highest BCUT2D eigenvalue weighted by molar-refractivity contribution is 7.17. The molecule has 4 aromatic heterocycles. The number of thiophene rings is 1. The third-order valence-corrected chi connectivity index (χ3v) is 6.60. The van der Waals surface area contributed by atoms with Gasteiger partial charge in [0.1, 0.15) is 5.56 Å². The minimum absolute atomic E-state index is 0.115. The molecule has 0 bridgehead atoms. The van der Waals surface area contributed by atoms with E-state index in [1.807, 2.05) is 25.3 Å². The summed E-state index contributed by atoms with van der Waals surface area (Å²) >= 11 is 3.09. The summed E-state index contributed by atoms with van der Waals surface area (Å²) < 4.78 is 1.59. The van der Waals surface area contributed by atoms with Gasteiger partial charge in [0.25, 0.3) is 5.91 Å². The van der Waals surface area contributed by atoms with E-state index in [4.69, 9.17) is 5.73 Å². The predicted molar refractivity (Wildman–Crippen MR) is 118 cm³/mol. The van der Waals surface area contributed by atoms with Crippen molar-refractivity contribution in [2.45, 2.75) is 33.6 Å². The van der Waals surface area contributed by atoms with Gasteiger partial charge in [-0.25, -0.2) is 14.5 Å². The minimum atomic E-state index is -0.566. The average Bonchev–Trinajstić information content (AvgIpc) is 3.41. The molecule has 0 saturated heterocycles. The SMILES string of the molecule is Cc1ccc(-c2csc(NC(=O)CCc3c(C)nc4c(C(N)=O)cnn4c3C)n2)s1. The number of nitrogens with one attached hydrogen (secondary N) is 1. The Kier molecular flexibility index (Phi) is 5.35. The first kappa shape index (κ1) is 20.2. The molecule has 2 amide bonds. The van der Waals surface area contributed by atoms with Crippen molar-refractivity contribution in [2.75, 3.05) is 5.32 Å². The minimum Gasteiger partial charge on any atom is -0.365 e. The van der Waals surface area contributed by atoms with Crippen molar-refractivity contribution in [3.63, 3.8) is 0 Å². The molecular weight excluding hydrogens is 420 g/mol. The predicted octanol–water partition coefficient (Wildman–Crippen LogP) is 3.51. The Hall–Kier alpha value is -3.11. The third-order valence-electron chi connectivity index (χ3n) is 4.82. The highest BCUT2D eigenvalue weighted by Crippen LogP contribution is 2.30. The quantitative estimate of drug-likeness (QED) is 0.476. The molecule has 4 heterocycles. The van der Waals surface area contributed by atoms with Gasteiger partial charge in [-0.2, -0.15) is 5.10 Å². The number of rotatable bonds is 6. The number of carbonyl (C=O) groups is 2. The molecule has 0 aliphatic heterocycles. The molecule has 0 spiro atoms. The molecule has 0 fully saturated rings. The lowest BCUT2D eigenvalue weighted by Crippen LogP contribution is -2.15. The Morgan fingerprint density at radius 3 is 2.70 bits per heavy atom. The molecule has 4 rings (SSSR count). The number of aryl methyl sites for hydroxylation is 3. The van der Waals surface area contributed by atoms with E-state index < -0.39 is 5.91 Å². The van der Waals surface area contributed by atoms with Crippen molar-refractivity contribution in [1.29, 1.82) is 0 Å². The Morgan fingerprint density at radius 1 is 1.20 bits per heavy atom. The molecule has 8 nitrogen and oxygen atoms in total. The number of carbonyl (C=O) groups excluding carboxylic acids is 2. The maximum absolute atomic E-state index is 12.5. The van der Waals surface area contributed by atoms with E-state index in [0.717, 1.165) is 27.5 Å². The highest BCUT2D eigenvalue weighted by atomic mass is 32.1. The lowest BCUT2D eigenvalue weighted by molar-refractivity contribution is -0.116. The van der Waals surface area contributed by atoms with Crippen molar-refractivity contribution >= 4 is 45.3 Å². The summed E-state index contributed by atoms with van der Waals surface area (Å²) in [5.41, 5.74) is 9.48. The Balaban J connectivity index is 1.46. The monoisotopic (exact) mass is 440 g/mol. The first-order valence-corrected chi connectivity index (χ1v) is 11.0. The van der Waals surface area contributed by atoms with Crippen LogP contribution in [0.3, 0.4) is 0 Å². The van der Waals surface area contributed by atoms with E-state index in [2.05, 4.69) is 33.4 Å². The number of nitrogens with zero attached hydrogens (tertiary/aromatic N) is 4. The van der Waals surface area contributed by atoms with Crippen LogP contribution in [0.1, 0.15) is 38.6 Å². The van der Waals surface area contributed by atoms with Crippen LogP contribution >= 0.6 is 22.7 Å². The van der Waals surface area contributed by atoms with Crippen LogP contribution in [0.5, 0.6) is 0 Å². The van der Waals surface area contributed by atoms with Crippen molar-refractivity contribution in [3.05, 3.63) is 51.1 Å². The van der Waals surface area contributed by atoms with Crippen LogP contribution in [0.2, 0.25) is 0 Å². The van der Waals surface area contributed by atoms with Crippen molar-refractivity contribution in [2.24, 2.45) is 5.73 Å². The second-order valence-corrected chi connectivity index (χ2v) is 9.06. The standard InChI is InChI=1S/C20H20N6O2S2/c1-10-4-6-16(30-10)15-9-29-20(24-15)25-17(27)7-5-13-11(2)23-19-14(18(21)28)8-22-26(19)12(13)3/h4,6,8-9H,5,7H2,1-3H3,(H2,21,28)(H,24,25,27). The zero-order chi connectivity index (χ0) is 21.4. The largest absolute Gasteiger partial charge is 0.365 e. The number of hydrogen-bond acceptors (Lipinski definition) is 7. The van der Waals surface area contributed by atoms with E-state index in [-0.39, 0.29) is 17.9 Å². The molecule has 3 N–H and O–H groups in total. The van der Waals surface area contributed by atoms with Crippen LogP contribution < -0.4 is 11.1 Å². The highest BCUT2D eigenvalue weighted by Gasteiger charge is 2.17. The van der Waals surface area contributed by atoms with E-state index in [9.17, 15) is 9.59 Å². The van der Waals surface area contributed by atoms with Crippen LogP contribution in [0.4, 0.5) is 5.13 Å². The summed E-state index contributed by atoms with van der Waals surface area (Å²) in [6, 6.07) is 4.09. The Bertz CT molecular complexity index is 1270. The average molecular weight is 441 g/mol. The molecule has 0 atom stereocenters. The fraction of sp³-hybridized carbons (Fsp3) is 0.250. The van der Waals surface area contributed by atoms with Gasteiger partial charge >= 0.3 is 0 Å². The van der Waals surface area contributed by atoms with Gasteiger partial charge in [-0.05, 0) is 44.9 Å². The first-order chi connectivity index (χ1) is 14.3. The molecule has 30 heavy (non-hydrogen) atoms. The van der Waals surface area contributed by atoms with Crippen LogP contribution in [0, 0.1) is 20.8 Å². The van der Waals surface area contributed by atoms with Gasteiger partial charge in [0.2, 0.25) is 5.91 Å². The summed E-state index contributed by atoms with van der Waals surface area (Å²) in [5, 5.41) is 9.62. The van der Waals surface area contributed by atoms with Crippen molar-refractivity contribution in [3.8, 4) is 10.6 Å². The summed E-state index contributed by atoms with van der Waals surface area (Å²) in [4.78, 5) is 35.3. The summed E-state index contributed by atoms with van der Waals surface area (Å²) in [7, 11) is 0. The molecule has 4 aromatic rings. The van der Waals surface area contributed by atoms with Crippen LogP contribution in [0.15, 0.2) is 23.7 Å². The number of primary amides is 1. The lowest BCUT2D eigenvalue weighted by Gasteiger charge is -2.11. The normalized spacial score (nSPS) is 11.2. The lowest BCUT2D eigenvalue weighted by atomic mass is 10.1. The van der Waals surface area contributed by atoms with Gasteiger partial charge in [-0.3, -0.25) is 9.59 Å². The van der Waals surface area contributed by atoms with Gasteiger partial charge in [-0.1, -0.05) is 0 Å². The molecule has 0 radical (unpaired) electrons. The van der Waals surface area contributed by atoms with Gasteiger partial charge < -0.3 is 11.1 Å². The zero-order valence-electron chi connectivity index (χ0n) is 16.7. The topological polar surface area (TPSA) is 115 Å². The zero-order valence-corrected chi connectivity index (χ0v) is 18.4. The smallest absolute Gasteiger partial charge is 0.254 e. The van der Waals surface area contributed by atoms with E-state index >= 15 is 0 Å². The van der Waals surface area contributed by atoms with E-state index in [0.29, 0.717) is 17.2 Å². The van der Waals surface area contributed by atoms with Gasteiger partial charge in [0.15, 0.2) is 10.8 Å². The molecule has 0 aromatic carbocycles. The fourth-order valence-electron chi connectivity index (χ4n) is 3.28. The van der Waals surface area contributed by atoms with Gasteiger partial charge in [0, 0.05) is 28.1 Å². The van der Waals surface area contributed by atoms with E-state index in [1.54, 1.807) is 15.9 Å². The molecule has 0 aliphatic carbocycles. The van der Waals surface area contributed by atoms with Crippen LogP contribution in [-0.2, 0) is 11.2 Å². The van der Waals surface area contributed by atoms with Crippen LogP contribution in [-0.4, -0.2) is 31.4 Å². The molecule has 0 unspecified atom stereocenters. The van der Waals surface area contributed by atoms with Crippen molar-refractivity contribution < 1.29 is 9.59 Å². The molecule has 0 saturated carbocycles. The number of anilines is 1. The Labute approximate surface area is 180 Å². The third kappa shape index (κ3) is 3.83. The molecule has 154 valence electrons. The second kappa shape index (κ2) is 7.96. The molecular formula is C20H20N6O2S2. The van der Waals surface area contributed by atoms with E-state index in [1.165, 1.54) is 22.4 Å². The number of thiazole rings is 1. The number of amides is 2. The first-order valence-electron chi connectivity index (χ1n) is 9.29. The maximum Gasteiger partial charge on any atom is 0.254 e. The number of fused-ring (bicyclic) bond motifs is 1.